The average Bonchev–Trinajstić information content (AvgIpc) is 3.45. The topological polar surface area (TPSA) is 88.2 Å². The lowest BCUT2D eigenvalue weighted by Gasteiger charge is -2.28. The molecule has 0 aliphatic heterocycles. The summed E-state index contributed by atoms with van der Waals surface area (Å²) < 4.78 is 65.6. The number of carbonyl (C=O) groups is 1. The average molecular weight is 512 g/mol. The number of sulfonamides is 1. The van der Waals surface area contributed by atoms with Crippen LogP contribution < -0.4 is 10.0 Å². The van der Waals surface area contributed by atoms with E-state index < -0.39 is 33.1 Å². The first-order valence-electron chi connectivity index (χ1n) is 11.5. The number of rotatable bonds is 8. The molecule has 0 saturated heterocycles. The van der Waals surface area contributed by atoms with E-state index in [2.05, 4.69) is 15.0 Å². The molecule has 1 aromatic carbocycles. The summed E-state index contributed by atoms with van der Waals surface area (Å²) in [4.78, 5) is 17.5. The maximum atomic E-state index is 13.3. The molecule has 1 amide bonds. The maximum absolute atomic E-state index is 13.3. The van der Waals surface area contributed by atoms with Gasteiger partial charge in [0.15, 0.2) is 0 Å². The second-order valence-electron chi connectivity index (χ2n) is 10.1. The minimum Gasteiger partial charge on any atom is -0.348 e. The van der Waals surface area contributed by atoms with Crippen LogP contribution in [0.25, 0.3) is 0 Å². The predicted octanol–water partition coefficient (Wildman–Crippen LogP) is 5.01. The molecule has 0 spiro atoms. The van der Waals surface area contributed by atoms with E-state index >= 15 is 0 Å². The Morgan fingerprint density at radius 3 is 2.29 bits per heavy atom. The lowest BCUT2D eigenvalue weighted by Crippen LogP contribution is -2.36. The first kappa shape index (κ1) is 27.0. The SMILES string of the molecule is CCc1nc(C(C)NC(=O)C2CC2(C)c2ccc(C(C)(C)C(F)(F)F)cc2)ccc1NS(C)(=O)=O. The highest BCUT2D eigenvalue weighted by molar-refractivity contribution is 7.92. The first-order chi connectivity index (χ1) is 16.0. The molecule has 1 aliphatic carbocycles. The molecule has 0 radical (unpaired) electrons. The van der Waals surface area contributed by atoms with Crippen molar-refractivity contribution in [3.63, 3.8) is 0 Å². The molecule has 35 heavy (non-hydrogen) atoms. The van der Waals surface area contributed by atoms with Crippen LogP contribution in [0.15, 0.2) is 36.4 Å². The number of aryl methyl sites for hydroxylation is 1. The third-order valence-electron chi connectivity index (χ3n) is 6.96. The normalized spacial score (nSPS) is 21.3. The van der Waals surface area contributed by atoms with E-state index in [-0.39, 0.29) is 17.4 Å². The number of pyridine rings is 1. The fourth-order valence-electron chi connectivity index (χ4n) is 4.21. The van der Waals surface area contributed by atoms with Gasteiger partial charge >= 0.3 is 6.18 Å². The molecule has 1 heterocycles. The molecule has 3 unspecified atom stereocenters. The molecule has 192 valence electrons. The molecule has 1 aromatic heterocycles. The monoisotopic (exact) mass is 511 g/mol. The number of hydrogen-bond donors (Lipinski definition) is 2. The minimum absolute atomic E-state index is 0.155. The maximum Gasteiger partial charge on any atom is 0.397 e. The van der Waals surface area contributed by atoms with Crippen molar-refractivity contribution in [3.05, 3.63) is 58.9 Å². The number of hydrogen-bond acceptors (Lipinski definition) is 4. The fourth-order valence-corrected chi connectivity index (χ4v) is 4.79. The Balaban J connectivity index is 1.70. The summed E-state index contributed by atoms with van der Waals surface area (Å²) in [5.41, 5.74) is 0.190. The number of anilines is 1. The molecule has 0 bridgehead atoms. The Hall–Kier alpha value is -2.62. The van der Waals surface area contributed by atoms with Gasteiger partial charge in [-0.2, -0.15) is 13.2 Å². The Bertz CT molecular complexity index is 1210. The number of nitrogens with one attached hydrogen (secondary N) is 2. The van der Waals surface area contributed by atoms with E-state index in [0.717, 1.165) is 25.7 Å². The summed E-state index contributed by atoms with van der Waals surface area (Å²) in [6, 6.07) is 9.25. The molecule has 3 rings (SSSR count). The molecular weight excluding hydrogens is 479 g/mol. The van der Waals surface area contributed by atoms with Crippen LogP contribution in [-0.4, -0.2) is 31.7 Å². The van der Waals surface area contributed by atoms with Gasteiger partial charge in [0.2, 0.25) is 15.9 Å². The van der Waals surface area contributed by atoms with E-state index in [1.54, 1.807) is 31.2 Å². The molecule has 3 atom stereocenters. The Morgan fingerprint density at radius 2 is 1.77 bits per heavy atom. The summed E-state index contributed by atoms with van der Waals surface area (Å²) in [5, 5.41) is 2.97. The summed E-state index contributed by atoms with van der Waals surface area (Å²) in [6.45, 7) is 7.90. The number of alkyl halides is 3. The van der Waals surface area contributed by atoms with Crippen molar-refractivity contribution in [1.82, 2.24) is 10.3 Å². The summed E-state index contributed by atoms with van der Waals surface area (Å²) in [6.07, 6.45) is -2.19. The standard InChI is InChI=1S/C25H32F3N3O3S/c1-7-19-21(31-35(6,33)34)13-12-20(30-19)15(2)29-22(32)18-14-24(18,5)17-10-8-16(9-11-17)23(3,4)25(26,27)28/h8-13,15,18,31H,7,14H2,1-6H3,(H,29,32). The summed E-state index contributed by atoms with van der Waals surface area (Å²) >= 11 is 0. The smallest absolute Gasteiger partial charge is 0.348 e. The lowest BCUT2D eigenvalue weighted by atomic mass is 9.82. The van der Waals surface area contributed by atoms with Crippen LogP contribution in [0.2, 0.25) is 0 Å². The summed E-state index contributed by atoms with van der Waals surface area (Å²) in [7, 11) is -3.44. The summed E-state index contributed by atoms with van der Waals surface area (Å²) in [5.74, 6) is -0.457. The third kappa shape index (κ3) is 5.63. The molecule has 1 saturated carbocycles. The van der Waals surface area contributed by atoms with Crippen molar-refractivity contribution >= 4 is 21.6 Å². The quantitative estimate of drug-likeness (QED) is 0.522. The van der Waals surface area contributed by atoms with E-state index in [9.17, 15) is 26.4 Å². The largest absolute Gasteiger partial charge is 0.397 e. The number of nitrogens with zero attached hydrogens (tertiary/aromatic N) is 1. The Kier molecular flexibility index (Phi) is 7.02. The molecule has 1 aliphatic rings. The second kappa shape index (κ2) is 9.11. The van der Waals surface area contributed by atoms with Gasteiger partial charge in [0.05, 0.1) is 34.8 Å². The van der Waals surface area contributed by atoms with Crippen molar-refractivity contribution in [2.75, 3.05) is 11.0 Å². The number of aromatic nitrogens is 1. The fraction of sp³-hybridized carbons (Fsp3) is 0.520. The van der Waals surface area contributed by atoms with Gasteiger partial charge in [-0.25, -0.2) is 8.42 Å². The van der Waals surface area contributed by atoms with Gasteiger partial charge in [0.1, 0.15) is 0 Å². The highest BCUT2D eigenvalue weighted by atomic mass is 32.2. The number of amides is 1. The van der Waals surface area contributed by atoms with Crippen LogP contribution >= 0.6 is 0 Å². The van der Waals surface area contributed by atoms with Crippen molar-refractivity contribution in [3.8, 4) is 0 Å². The van der Waals surface area contributed by atoms with Crippen molar-refractivity contribution in [2.24, 2.45) is 5.92 Å². The van der Waals surface area contributed by atoms with E-state index in [0.29, 0.717) is 29.9 Å². The first-order valence-corrected chi connectivity index (χ1v) is 13.3. The van der Waals surface area contributed by atoms with E-state index in [1.807, 2.05) is 13.8 Å². The van der Waals surface area contributed by atoms with Crippen LogP contribution in [0.4, 0.5) is 18.9 Å². The molecule has 2 N–H and O–H groups in total. The number of carbonyl (C=O) groups excluding carboxylic acids is 1. The van der Waals surface area contributed by atoms with Crippen LogP contribution in [0, 0.1) is 5.92 Å². The molecule has 10 heteroatoms. The van der Waals surface area contributed by atoms with Gasteiger partial charge in [-0.05, 0) is 56.9 Å². The van der Waals surface area contributed by atoms with Crippen LogP contribution in [0.1, 0.15) is 69.6 Å². The Morgan fingerprint density at radius 1 is 1.17 bits per heavy atom. The van der Waals surface area contributed by atoms with Gasteiger partial charge in [-0.3, -0.25) is 14.5 Å². The highest BCUT2D eigenvalue weighted by Gasteiger charge is 2.56. The van der Waals surface area contributed by atoms with Crippen LogP contribution in [0.3, 0.4) is 0 Å². The van der Waals surface area contributed by atoms with Gasteiger partial charge in [0.25, 0.3) is 0 Å². The van der Waals surface area contributed by atoms with Gasteiger partial charge in [-0.1, -0.05) is 38.1 Å². The van der Waals surface area contributed by atoms with Crippen LogP contribution in [-0.2, 0) is 32.1 Å². The van der Waals surface area contributed by atoms with Crippen LogP contribution in [0.5, 0.6) is 0 Å². The minimum atomic E-state index is -4.36. The molecule has 1 fully saturated rings. The van der Waals surface area contributed by atoms with Gasteiger partial charge < -0.3 is 5.32 Å². The van der Waals surface area contributed by atoms with Crippen molar-refractivity contribution < 1.29 is 26.4 Å². The van der Waals surface area contributed by atoms with Gasteiger partial charge in [0, 0.05) is 11.3 Å². The highest BCUT2D eigenvalue weighted by Crippen LogP contribution is 2.54. The zero-order valence-electron chi connectivity index (χ0n) is 20.7. The molecule has 6 nitrogen and oxygen atoms in total. The zero-order chi connectivity index (χ0) is 26.4. The number of benzene rings is 1. The predicted molar refractivity (Wildman–Crippen MR) is 130 cm³/mol. The van der Waals surface area contributed by atoms with Crippen molar-refractivity contribution in [2.45, 2.75) is 70.5 Å². The molecular formula is C25H32F3N3O3S. The third-order valence-corrected chi connectivity index (χ3v) is 7.55. The Labute approximate surface area is 204 Å². The van der Waals surface area contributed by atoms with E-state index in [1.165, 1.54) is 12.1 Å². The second-order valence-corrected chi connectivity index (χ2v) is 11.8. The van der Waals surface area contributed by atoms with Gasteiger partial charge in [-0.15, -0.1) is 0 Å². The number of halogens is 3. The zero-order valence-corrected chi connectivity index (χ0v) is 21.6. The van der Waals surface area contributed by atoms with Crippen molar-refractivity contribution in [1.29, 1.82) is 0 Å². The lowest BCUT2D eigenvalue weighted by molar-refractivity contribution is -0.180. The molecule has 2 aromatic rings. The van der Waals surface area contributed by atoms with E-state index in [4.69, 9.17) is 0 Å².